The number of hydrogen-bond acceptors (Lipinski definition) is 5. The minimum Gasteiger partial charge on any atom is -0.452 e. The van der Waals surface area contributed by atoms with Crippen molar-refractivity contribution in [2.45, 2.75) is 24.8 Å². The monoisotopic (exact) mass is 400 g/mol. The van der Waals surface area contributed by atoms with Crippen molar-refractivity contribution in [3.8, 4) is 0 Å². The van der Waals surface area contributed by atoms with Crippen molar-refractivity contribution < 1.29 is 19.1 Å². The lowest BCUT2D eigenvalue weighted by molar-refractivity contribution is -0.156. The number of amides is 2. The number of hydrogen-bond donors (Lipinski definition) is 1. The van der Waals surface area contributed by atoms with Crippen LogP contribution in [0.1, 0.15) is 12.5 Å². The third-order valence-electron chi connectivity index (χ3n) is 3.85. The zero-order chi connectivity index (χ0) is 20.5. The molecule has 1 atom stereocenters. The number of nitrogens with one attached hydrogen (secondary N) is 1. The Balaban J connectivity index is 1.76. The molecule has 0 heterocycles. The van der Waals surface area contributed by atoms with Gasteiger partial charge in [0, 0.05) is 17.6 Å². The summed E-state index contributed by atoms with van der Waals surface area (Å²) in [6, 6.07) is 16.8. The number of anilines is 1. The first-order valence-electron chi connectivity index (χ1n) is 8.84. The highest BCUT2D eigenvalue weighted by atomic mass is 32.2. The molecule has 0 aliphatic heterocycles. The first-order chi connectivity index (χ1) is 13.3. The number of esters is 1. The Labute approximate surface area is 169 Å². The summed E-state index contributed by atoms with van der Waals surface area (Å²) in [6.45, 7) is 3.33. The van der Waals surface area contributed by atoms with E-state index in [1.807, 2.05) is 49.4 Å². The van der Waals surface area contributed by atoms with Gasteiger partial charge in [0.25, 0.3) is 5.91 Å². The maximum Gasteiger partial charge on any atom is 0.317 e. The molecule has 0 bridgehead atoms. The van der Waals surface area contributed by atoms with E-state index in [1.54, 1.807) is 12.1 Å². The molecule has 0 aliphatic rings. The van der Waals surface area contributed by atoms with Crippen LogP contribution >= 0.6 is 11.8 Å². The van der Waals surface area contributed by atoms with Crippen molar-refractivity contribution in [2.24, 2.45) is 0 Å². The number of carbonyl (C=O) groups is 3. The summed E-state index contributed by atoms with van der Waals surface area (Å²) >= 11 is 1.34. The van der Waals surface area contributed by atoms with Gasteiger partial charge < -0.3 is 15.0 Å². The highest BCUT2D eigenvalue weighted by Crippen LogP contribution is 2.17. The summed E-state index contributed by atoms with van der Waals surface area (Å²) in [5.74, 6) is -1.12. The Morgan fingerprint density at radius 3 is 2.36 bits per heavy atom. The largest absolute Gasteiger partial charge is 0.452 e. The molecule has 2 aromatic rings. The Hall–Kier alpha value is -2.80. The second-order valence-electron chi connectivity index (χ2n) is 6.34. The van der Waals surface area contributed by atoms with Gasteiger partial charge in [-0.2, -0.15) is 0 Å². The van der Waals surface area contributed by atoms with Crippen LogP contribution in [0.4, 0.5) is 5.69 Å². The lowest BCUT2D eigenvalue weighted by Gasteiger charge is -2.21. The molecule has 0 unspecified atom stereocenters. The average Bonchev–Trinajstić information content (AvgIpc) is 2.68. The molecular weight excluding hydrogens is 376 g/mol. The first-order valence-corrected chi connectivity index (χ1v) is 9.82. The molecule has 0 saturated heterocycles. The van der Waals surface area contributed by atoms with Gasteiger partial charge in [-0.05, 0) is 38.1 Å². The quantitative estimate of drug-likeness (QED) is 0.544. The summed E-state index contributed by atoms with van der Waals surface area (Å²) in [5, 5.41) is 2.73. The van der Waals surface area contributed by atoms with E-state index < -0.39 is 18.0 Å². The van der Waals surface area contributed by atoms with Crippen molar-refractivity contribution in [1.29, 1.82) is 0 Å². The Morgan fingerprint density at radius 2 is 1.71 bits per heavy atom. The fourth-order valence-corrected chi connectivity index (χ4v) is 3.08. The molecule has 6 nitrogen and oxygen atoms in total. The standard InChI is InChI=1S/C21H24N2O4S/c1-15-9-11-17(12-10-15)22-19(24)13-23(3)21(26)16(2)27-20(25)14-28-18-7-5-4-6-8-18/h4-12,16H,13-14H2,1-3H3,(H,22,24)/t16-/m1/s1. The fourth-order valence-electron chi connectivity index (χ4n) is 2.38. The van der Waals surface area contributed by atoms with Gasteiger partial charge >= 0.3 is 5.97 Å². The van der Waals surface area contributed by atoms with Crippen molar-refractivity contribution in [3.63, 3.8) is 0 Å². The topological polar surface area (TPSA) is 75.7 Å². The molecule has 0 saturated carbocycles. The van der Waals surface area contributed by atoms with Gasteiger partial charge in [-0.25, -0.2) is 0 Å². The third-order valence-corrected chi connectivity index (χ3v) is 4.83. The van der Waals surface area contributed by atoms with E-state index in [4.69, 9.17) is 4.74 Å². The van der Waals surface area contributed by atoms with Crippen molar-refractivity contribution in [2.75, 3.05) is 24.7 Å². The summed E-state index contributed by atoms with van der Waals surface area (Å²) < 4.78 is 5.19. The molecule has 2 amide bonds. The van der Waals surface area contributed by atoms with Crippen LogP contribution in [0.2, 0.25) is 0 Å². The van der Waals surface area contributed by atoms with E-state index >= 15 is 0 Å². The SMILES string of the molecule is Cc1ccc(NC(=O)CN(C)C(=O)[C@@H](C)OC(=O)CSc2ccccc2)cc1. The predicted octanol–water partition coefficient (Wildman–Crippen LogP) is 3.12. The van der Waals surface area contributed by atoms with E-state index in [1.165, 1.54) is 30.6 Å². The van der Waals surface area contributed by atoms with E-state index in [2.05, 4.69) is 5.32 Å². The van der Waals surface area contributed by atoms with E-state index in [9.17, 15) is 14.4 Å². The molecule has 7 heteroatoms. The minimum absolute atomic E-state index is 0.110. The lowest BCUT2D eigenvalue weighted by atomic mass is 10.2. The van der Waals surface area contributed by atoms with Crippen LogP contribution < -0.4 is 5.32 Å². The maximum atomic E-state index is 12.3. The predicted molar refractivity (Wildman–Crippen MR) is 110 cm³/mol. The van der Waals surface area contributed by atoms with Gasteiger partial charge in [-0.3, -0.25) is 14.4 Å². The second-order valence-corrected chi connectivity index (χ2v) is 7.39. The van der Waals surface area contributed by atoms with Crippen molar-refractivity contribution in [3.05, 3.63) is 60.2 Å². The molecule has 28 heavy (non-hydrogen) atoms. The molecular formula is C21H24N2O4S. The number of benzene rings is 2. The molecule has 2 aromatic carbocycles. The van der Waals surface area contributed by atoms with Crippen LogP contribution in [-0.2, 0) is 19.1 Å². The number of nitrogens with zero attached hydrogens (tertiary/aromatic N) is 1. The van der Waals surface area contributed by atoms with Crippen LogP contribution in [0.25, 0.3) is 0 Å². The smallest absolute Gasteiger partial charge is 0.317 e. The summed E-state index contributed by atoms with van der Waals surface area (Å²) in [5.41, 5.74) is 1.75. The molecule has 0 spiro atoms. The Morgan fingerprint density at radius 1 is 1.07 bits per heavy atom. The van der Waals surface area contributed by atoms with E-state index in [0.717, 1.165) is 10.5 Å². The number of rotatable bonds is 8. The van der Waals surface area contributed by atoms with Gasteiger partial charge in [0.05, 0.1) is 12.3 Å². The molecule has 148 valence electrons. The second kappa shape index (κ2) is 10.5. The van der Waals surface area contributed by atoms with Crippen LogP contribution in [0.3, 0.4) is 0 Å². The normalized spacial score (nSPS) is 11.4. The highest BCUT2D eigenvalue weighted by Gasteiger charge is 2.23. The van der Waals surface area contributed by atoms with Crippen LogP contribution in [0.5, 0.6) is 0 Å². The van der Waals surface area contributed by atoms with Gasteiger partial charge in [0.2, 0.25) is 5.91 Å². The number of likely N-dealkylation sites (N-methyl/N-ethyl adjacent to an activating group) is 1. The van der Waals surface area contributed by atoms with Gasteiger partial charge in [0.1, 0.15) is 0 Å². The van der Waals surface area contributed by atoms with Crippen molar-refractivity contribution >= 4 is 35.2 Å². The molecule has 0 fully saturated rings. The third kappa shape index (κ3) is 7.08. The van der Waals surface area contributed by atoms with E-state index in [-0.39, 0.29) is 18.2 Å². The van der Waals surface area contributed by atoms with Crippen LogP contribution in [0, 0.1) is 6.92 Å². The summed E-state index contributed by atoms with van der Waals surface area (Å²) in [7, 11) is 1.50. The zero-order valence-corrected chi connectivity index (χ0v) is 17.0. The lowest BCUT2D eigenvalue weighted by Crippen LogP contribution is -2.41. The van der Waals surface area contributed by atoms with Gasteiger partial charge in [0.15, 0.2) is 6.10 Å². The molecule has 0 radical (unpaired) electrons. The average molecular weight is 401 g/mol. The van der Waals surface area contributed by atoms with Crippen LogP contribution in [-0.4, -0.2) is 48.1 Å². The maximum absolute atomic E-state index is 12.3. The number of thioether (sulfide) groups is 1. The molecule has 0 aliphatic carbocycles. The Kier molecular flexibility index (Phi) is 8.07. The molecule has 0 aromatic heterocycles. The summed E-state index contributed by atoms with van der Waals surface area (Å²) in [4.78, 5) is 38.6. The zero-order valence-electron chi connectivity index (χ0n) is 16.2. The van der Waals surface area contributed by atoms with Gasteiger partial charge in [-0.15, -0.1) is 11.8 Å². The number of carbonyl (C=O) groups excluding carboxylic acids is 3. The van der Waals surface area contributed by atoms with Gasteiger partial charge in [-0.1, -0.05) is 35.9 Å². The first kappa shape index (κ1) is 21.5. The van der Waals surface area contributed by atoms with Crippen molar-refractivity contribution in [1.82, 2.24) is 4.90 Å². The Bertz CT molecular complexity index is 809. The summed E-state index contributed by atoms with van der Waals surface area (Å²) in [6.07, 6.45) is -0.957. The fraction of sp³-hybridized carbons (Fsp3) is 0.286. The number of ether oxygens (including phenoxy) is 1. The molecule has 1 N–H and O–H groups in total. The molecule has 2 rings (SSSR count). The minimum atomic E-state index is -0.957. The number of aryl methyl sites for hydroxylation is 1. The highest BCUT2D eigenvalue weighted by molar-refractivity contribution is 8.00. The van der Waals surface area contributed by atoms with Crippen LogP contribution in [0.15, 0.2) is 59.5 Å². The van der Waals surface area contributed by atoms with E-state index in [0.29, 0.717) is 5.69 Å².